The molecule has 0 radical (unpaired) electrons. The first kappa shape index (κ1) is 11.7. The summed E-state index contributed by atoms with van der Waals surface area (Å²) in [5, 5.41) is 7.36. The Morgan fingerprint density at radius 3 is 2.82 bits per heavy atom. The van der Waals surface area contributed by atoms with Crippen LogP contribution in [0.1, 0.15) is 6.42 Å². The van der Waals surface area contributed by atoms with Crippen molar-refractivity contribution < 1.29 is 4.74 Å². The van der Waals surface area contributed by atoms with E-state index in [9.17, 15) is 0 Å². The summed E-state index contributed by atoms with van der Waals surface area (Å²) < 4.78 is 7.56. The molecular weight excluding hydrogens is 214 g/mol. The van der Waals surface area contributed by atoms with Crippen molar-refractivity contribution in [3.8, 4) is 11.5 Å². The van der Waals surface area contributed by atoms with Gasteiger partial charge in [0.1, 0.15) is 5.75 Å². The maximum atomic E-state index is 5.67. The molecule has 0 saturated heterocycles. The average Bonchev–Trinajstić information content (AvgIpc) is 2.79. The van der Waals surface area contributed by atoms with Crippen LogP contribution in [0.3, 0.4) is 0 Å². The molecule has 0 unspecified atom stereocenters. The maximum absolute atomic E-state index is 5.67. The predicted octanol–water partition coefficient (Wildman–Crippen LogP) is 2.28. The Morgan fingerprint density at radius 2 is 2.06 bits per heavy atom. The Labute approximate surface area is 101 Å². The second-order valence-electron chi connectivity index (χ2n) is 3.81. The molecule has 0 saturated carbocycles. The van der Waals surface area contributed by atoms with Crippen LogP contribution in [0, 0.1) is 0 Å². The van der Waals surface area contributed by atoms with Gasteiger partial charge in [0.15, 0.2) is 5.75 Å². The van der Waals surface area contributed by atoms with E-state index in [1.54, 1.807) is 6.20 Å². The molecule has 1 aromatic heterocycles. The standard InChI is InChI=1S/C13H17N3O/c1-14-8-5-9-16-11-13(10-15-16)17-12-6-3-2-4-7-12/h2-4,6-7,10-11,14H,5,8-9H2,1H3. The molecule has 4 heteroatoms. The van der Waals surface area contributed by atoms with Gasteiger partial charge in [-0.3, -0.25) is 4.68 Å². The lowest BCUT2D eigenvalue weighted by atomic mass is 10.3. The number of hydrogen-bond acceptors (Lipinski definition) is 3. The van der Waals surface area contributed by atoms with Gasteiger partial charge in [-0.25, -0.2) is 0 Å². The van der Waals surface area contributed by atoms with Crippen LogP contribution < -0.4 is 10.1 Å². The van der Waals surface area contributed by atoms with Crippen LogP contribution in [0.2, 0.25) is 0 Å². The molecule has 0 bridgehead atoms. The van der Waals surface area contributed by atoms with E-state index in [-0.39, 0.29) is 0 Å². The third-order valence-corrected chi connectivity index (χ3v) is 2.40. The quantitative estimate of drug-likeness (QED) is 0.775. The topological polar surface area (TPSA) is 39.1 Å². The first-order valence-corrected chi connectivity index (χ1v) is 5.78. The monoisotopic (exact) mass is 231 g/mol. The van der Waals surface area contributed by atoms with Crippen molar-refractivity contribution in [1.82, 2.24) is 15.1 Å². The molecule has 17 heavy (non-hydrogen) atoms. The first-order chi connectivity index (χ1) is 8.38. The van der Waals surface area contributed by atoms with Crippen molar-refractivity contribution in [1.29, 1.82) is 0 Å². The minimum atomic E-state index is 0.778. The summed E-state index contributed by atoms with van der Waals surface area (Å²) in [5.74, 6) is 1.61. The number of aryl methyl sites for hydroxylation is 1. The Kier molecular flexibility index (Phi) is 4.16. The summed E-state index contributed by atoms with van der Waals surface area (Å²) in [6, 6.07) is 9.73. The van der Waals surface area contributed by atoms with Gasteiger partial charge in [0.05, 0.1) is 12.4 Å². The molecule has 0 spiro atoms. The highest BCUT2D eigenvalue weighted by Gasteiger charge is 2.00. The molecule has 0 aliphatic heterocycles. The molecule has 0 amide bonds. The number of aromatic nitrogens is 2. The lowest BCUT2D eigenvalue weighted by Gasteiger charge is -2.02. The summed E-state index contributed by atoms with van der Waals surface area (Å²) in [5.41, 5.74) is 0. The van der Waals surface area contributed by atoms with Crippen molar-refractivity contribution >= 4 is 0 Å². The Balaban J connectivity index is 1.90. The molecule has 1 N–H and O–H groups in total. The van der Waals surface area contributed by atoms with E-state index >= 15 is 0 Å². The molecule has 0 fully saturated rings. The number of nitrogens with zero attached hydrogens (tertiary/aromatic N) is 2. The Bertz CT molecular complexity index is 439. The van der Waals surface area contributed by atoms with Gasteiger partial charge in [-0.2, -0.15) is 5.10 Å². The third kappa shape index (κ3) is 3.60. The molecular formula is C13H17N3O. The van der Waals surface area contributed by atoms with Crippen LogP contribution in [0.15, 0.2) is 42.7 Å². The molecule has 0 aliphatic rings. The fourth-order valence-corrected chi connectivity index (χ4v) is 1.56. The maximum Gasteiger partial charge on any atom is 0.165 e. The van der Waals surface area contributed by atoms with Gasteiger partial charge in [0.2, 0.25) is 0 Å². The SMILES string of the molecule is CNCCCn1cc(Oc2ccccc2)cn1. The van der Waals surface area contributed by atoms with Crippen LogP contribution in [-0.2, 0) is 6.54 Å². The fourth-order valence-electron chi connectivity index (χ4n) is 1.56. The summed E-state index contributed by atoms with van der Waals surface area (Å²) >= 11 is 0. The molecule has 90 valence electrons. The van der Waals surface area contributed by atoms with Crippen molar-refractivity contribution in [3.63, 3.8) is 0 Å². The van der Waals surface area contributed by atoms with Gasteiger partial charge < -0.3 is 10.1 Å². The van der Waals surface area contributed by atoms with Crippen LogP contribution in [0.4, 0.5) is 0 Å². The van der Waals surface area contributed by atoms with Gasteiger partial charge in [-0.1, -0.05) is 18.2 Å². The predicted molar refractivity (Wildman–Crippen MR) is 67.3 cm³/mol. The summed E-state index contributed by atoms with van der Waals surface area (Å²) in [6.45, 7) is 1.90. The highest BCUT2D eigenvalue weighted by Crippen LogP contribution is 2.19. The largest absolute Gasteiger partial charge is 0.454 e. The third-order valence-electron chi connectivity index (χ3n) is 2.40. The summed E-state index contributed by atoms with van der Waals surface area (Å²) in [6.07, 6.45) is 4.72. The minimum Gasteiger partial charge on any atom is -0.454 e. The average molecular weight is 231 g/mol. The first-order valence-electron chi connectivity index (χ1n) is 5.78. The summed E-state index contributed by atoms with van der Waals surface area (Å²) in [4.78, 5) is 0. The molecule has 1 aromatic carbocycles. The van der Waals surface area contributed by atoms with Gasteiger partial charge in [-0.05, 0) is 32.1 Å². The lowest BCUT2D eigenvalue weighted by molar-refractivity contribution is 0.480. The van der Waals surface area contributed by atoms with Gasteiger partial charge >= 0.3 is 0 Å². The molecule has 0 atom stereocenters. The van der Waals surface area contributed by atoms with Gasteiger partial charge in [0, 0.05) is 6.54 Å². The van der Waals surface area contributed by atoms with Gasteiger partial charge in [0.25, 0.3) is 0 Å². The smallest absolute Gasteiger partial charge is 0.165 e. The molecule has 0 aliphatic carbocycles. The van der Waals surface area contributed by atoms with Crippen LogP contribution in [0.25, 0.3) is 0 Å². The zero-order valence-corrected chi connectivity index (χ0v) is 9.97. The van der Waals surface area contributed by atoms with E-state index in [0.29, 0.717) is 0 Å². The number of para-hydroxylation sites is 1. The number of hydrogen-bond donors (Lipinski definition) is 1. The molecule has 1 heterocycles. The fraction of sp³-hybridized carbons (Fsp3) is 0.308. The van der Waals surface area contributed by atoms with Crippen molar-refractivity contribution in [2.75, 3.05) is 13.6 Å². The van der Waals surface area contributed by atoms with E-state index in [4.69, 9.17) is 4.74 Å². The second-order valence-corrected chi connectivity index (χ2v) is 3.81. The van der Waals surface area contributed by atoms with E-state index in [2.05, 4.69) is 10.4 Å². The van der Waals surface area contributed by atoms with E-state index < -0.39 is 0 Å². The Hall–Kier alpha value is -1.81. The lowest BCUT2D eigenvalue weighted by Crippen LogP contribution is -2.11. The highest BCUT2D eigenvalue weighted by atomic mass is 16.5. The van der Waals surface area contributed by atoms with E-state index in [1.165, 1.54) is 0 Å². The number of benzene rings is 1. The van der Waals surface area contributed by atoms with Gasteiger partial charge in [-0.15, -0.1) is 0 Å². The zero-order chi connectivity index (χ0) is 11.9. The van der Waals surface area contributed by atoms with Crippen LogP contribution in [-0.4, -0.2) is 23.4 Å². The normalized spacial score (nSPS) is 10.4. The van der Waals surface area contributed by atoms with Crippen LogP contribution >= 0.6 is 0 Å². The molecule has 4 nitrogen and oxygen atoms in total. The number of ether oxygens (including phenoxy) is 1. The highest BCUT2D eigenvalue weighted by molar-refractivity contribution is 5.27. The van der Waals surface area contributed by atoms with E-state index in [0.717, 1.165) is 31.0 Å². The number of nitrogens with one attached hydrogen (secondary N) is 1. The van der Waals surface area contributed by atoms with E-state index in [1.807, 2.05) is 48.3 Å². The molecule has 2 aromatic rings. The van der Waals surface area contributed by atoms with Crippen molar-refractivity contribution in [3.05, 3.63) is 42.7 Å². The Morgan fingerprint density at radius 1 is 1.24 bits per heavy atom. The second kappa shape index (κ2) is 6.06. The van der Waals surface area contributed by atoms with Crippen molar-refractivity contribution in [2.45, 2.75) is 13.0 Å². The van der Waals surface area contributed by atoms with Crippen LogP contribution in [0.5, 0.6) is 11.5 Å². The summed E-state index contributed by atoms with van der Waals surface area (Å²) in [7, 11) is 1.95. The number of rotatable bonds is 6. The zero-order valence-electron chi connectivity index (χ0n) is 9.97. The minimum absolute atomic E-state index is 0.778. The molecule has 2 rings (SSSR count). The van der Waals surface area contributed by atoms with Crippen molar-refractivity contribution in [2.24, 2.45) is 0 Å².